The van der Waals surface area contributed by atoms with E-state index in [2.05, 4.69) is 13.8 Å². The third-order valence-corrected chi connectivity index (χ3v) is 4.38. The molecule has 1 N–H and O–H groups in total. The van der Waals surface area contributed by atoms with Gasteiger partial charge in [-0.15, -0.1) is 0 Å². The molecule has 2 amide bonds. The summed E-state index contributed by atoms with van der Waals surface area (Å²) in [6.45, 7) is 7.97. The highest BCUT2D eigenvalue weighted by Gasteiger charge is 2.41. The molecular weight excluding hydrogens is 256 g/mol. The van der Waals surface area contributed by atoms with E-state index in [0.29, 0.717) is 25.0 Å². The van der Waals surface area contributed by atoms with Gasteiger partial charge in [-0.1, -0.05) is 20.8 Å². The van der Waals surface area contributed by atoms with Crippen LogP contribution in [0.3, 0.4) is 0 Å². The van der Waals surface area contributed by atoms with Gasteiger partial charge >= 0.3 is 12.0 Å². The first-order valence-electron chi connectivity index (χ1n) is 7.68. The molecule has 0 aromatic carbocycles. The minimum atomic E-state index is -0.784. The van der Waals surface area contributed by atoms with Crippen molar-refractivity contribution in [2.45, 2.75) is 46.1 Å². The van der Waals surface area contributed by atoms with Gasteiger partial charge in [0.1, 0.15) is 0 Å². The first kappa shape index (κ1) is 15.1. The number of urea groups is 1. The molecule has 5 heteroatoms. The number of hydrogen-bond donors (Lipinski definition) is 1. The highest BCUT2D eigenvalue weighted by molar-refractivity contribution is 5.78. The molecule has 114 valence electrons. The van der Waals surface area contributed by atoms with Gasteiger partial charge in [0.2, 0.25) is 0 Å². The van der Waals surface area contributed by atoms with E-state index >= 15 is 0 Å². The zero-order valence-corrected chi connectivity index (χ0v) is 12.7. The summed E-state index contributed by atoms with van der Waals surface area (Å²) in [4.78, 5) is 27.5. The van der Waals surface area contributed by atoms with E-state index in [-0.39, 0.29) is 11.9 Å². The molecule has 1 aliphatic heterocycles. The third kappa shape index (κ3) is 3.44. The number of carbonyl (C=O) groups excluding carboxylic acids is 1. The molecule has 2 aliphatic rings. The Hall–Kier alpha value is -1.26. The number of carboxylic acids is 1. The average molecular weight is 282 g/mol. The van der Waals surface area contributed by atoms with Gasteiger partial charge < -0.3 is 14.9 Å². The summed E-state index contributed by atoms with van der Waals surface area (Å²) in [7, 11) is 0. The number of carboxylic acid groups (broad SMARTS) is 1. The second-order valence-corrected chi connectivity index (χ2v) is 6.72. The summed E-state index contributed by atoms with van der Waals surface area (Å²) >= 11 is 0. The molecule has 0 spiro atoms. The van der Waals surface area contributed by atoms with Crippen molar-refractivity contribution in [3.8, 4) is 0 Å². The summed E-state index contributed by atoms with van der Waals surface area (Å²) in [6, 6.07) is 0.434. The van der Waals surface area contributed by atoms with Crippen LogP contribution in [0, 0.1) is 17.8 Å². The smallest absolute Gasteiger partial charge is 0.320 e. The van der Waals surface area contributed by atoms with Crippen molar-refractivity contribution in [1.29, 1.82) is 0 Å². The topological polar surface area (TPSA) is 60.9 Å². The van der Waals surface area contributed by atoms with Gasteiger partial charge in [-0.3, -0.25) is 4.79 Å². The highest BCUT2D eigenvalue weighted by atomic mass is 16.4. The molecule has 0 bridgehead atoms. The lowest BCUT2D eigenvalue weighted by Gasteiger charge is -2.28. The zero-order valence-electron chi connectivity index (χ0n) is 12.7. The van der Waals surface area contributed by atoms with Crippen molar-refractivity contribution in [1.82, 2.24) is 9.80 Å². The van der Waals surface area contributed by atoms with Crippen LogP contribution < -0.4 is 0 Å². The van der Waals surface area contributed by atoms with Crippen LogP contribution in [0.15, 0.2) is 0 Å². The summed E-state index contributed by atoms with van der Waals surface area (Å²) in [5, 5.41) is 9.17. The molecule has 2 fully saturated rings. The second kappa shape index (κ2) is 6.02. The van der Waals surface area contributed by atoms with Gasteiger partial charge in [0.25, 0.3) is 0 Å². The SMILES string of the molecule is CC(C)CCN(C(=O)N1CC(C)C(C(=O)O)C1)C1CC1. The van der Waals surface area contributed by atoms with Crippen LogP contribution >= 0.6 is 0 Å². The average Bonchev–Trinajstić information content (AvgIpc) is 3.11. The number of nitrogens with zero attached hydrogens (tertiary/aromatic N) is 2. The van der Waals surface area contributed by atoms with Gasteiger partial charge in [-0.25, -0.2) is 4.79 Å². The summed E-state index contributed by atoms with van der Waals surface area (Å²) in [5.74, 6) is -0.575. The van der Waals surface area contributed by atoms with Gasteiger partial charge in [-0.2, -0.15) is 0 Å². The van der Waals surface area contributed by atoms with Crippen LogP contribution in [0.25, 0.3) is 0 Å². The van der Waals surface area contributed by atoms with Crippen molar-refractivity contribution in [2.75, 3.05) is 19.6 Å². The maximum absolute atomic E-state index is 12.6. The lowest BCUT2D eigenvalue weighted by atomic mass is 9.99. The molecule has 1 heterocycles. The minimum absolute atomic E-state index is 0.0441. The number of hydrogen-bond acceptors (Lipinski definition) is 2. The van der Waals surface area contributed by atoms with Crippen LogP contribution in [0.2, 0.25) is 0 Å². The van der Waals surface area contributed by atoms with Gasteiger partial charge in [-0.05, 0) is 31.1 Å². The van der Waals surface area contributed by atoms with Crippen molar-refractivity contribution < 1.29 is 14.7 Å². The number of rotatable bonds is 5. The lowest BCUT2D eigenvalue weighted by Crippen LogP contribution is -2.44. The Morgan fingerprint density at radius 3 is 2.40 bits per heavy atom. The summed E-state index contributed by atoms with van der Waals surface area (Å²) in [6.07, 6.45) is 3.19. The molecule has 2 unspecified atom stereocenters. The summed E-state index contributed by atoms with van der Waals surface area (Å²) in [5.41, 5.74) is 0. The summed E-state index contributed by atoms with van der Waals surface area (Å²) < 4.78 is 0. The van der Waals surface area contributed by atoms with Crippen molar-refractivity contribution in [2.24, 2.45) is 17.8 Å². The Morgan fingerprint density at radius 2 is 1.95 bits per heavy atom. The van der Waals surface area contributed by atoms with E-state index in [9.17, 15) is 9.59 Å². The van der Waals surface area contributed by atoms with Crippen LogP contribution in [0.4, 0.5) is 4.79 Å². The number of carbonyl (C=O) groups is 2. The van der Waals surface area contributed by atoms with E-state index in [1.54, 1.807) is 4.90 Å². The third-order valence-electron chi connectivity index (χ3n) is 4.38. The quantitative estimate of drug-likeness (QED) is 0.841. The predicted octanol–water partition coefficient (Wildman–Crippen LogP) is 2.27. The number of amides is 2. The fourth-order valence-corrected chi connectivity index (χ4v) is 2.84. The first-order chi connectivity index (χ1) is 9.40. The predicted molar refractivity (Wildman–Crippen MR) is 76.4 cm³/mol. The van der Waals surface area contributed by atoms with Crippen molar-refractivity contribution in [3.05, 3.63) is 0 Å². The Balaban J connectivity index is 1.96. The Morgan fingerprint density at radius 1 is 1.30 bits per heavy atom. The molecule has 1 saturated carbocycles. The molecular formula is C15H26N2O3. The monoisotopic (exact) mass is 282 g/mol. The Labute approximate surface area is 120 Å². The standard InChI is InChI=1S/C15H26N2O3/c1-10(2)6-7-17(12-4-5-12)15(20)16-8-11(3)13(9-16)14(18)19/h10-13H,4-9H2,1-3H3,(H,18,19). The molecule has 0 aromatic heterocycles. The number of likely N-dealkylation sites (tertiary alicyclic amines) is 1. The minimum Gasteiger partial charge on any atom is -0.481 e. The first-order valence-corrected chi connectivity index (χ1v) is 7.68. The lowest BCUT2D eigenvalue weighted by molar-refractivity contribution is -0.142. The van der Waals surface area contributed by atoms with Crippen LogP contribution in [-0.4, -0.2) is 52.6 Å². The molecule has 1 aliphatic carbocycles. The van der Waals surface area contributed by atoms with Crippen LogP contribution in [-0.2, 0) is 4.79 Å². The van der Waals surface area contributed by atoms with E-state index < -0.39 is 11.9 Å². The molecule has 1 saturated heterocycles. The molecule has 0 aromatic rings. The van der Waals surface area contributed by atoms with Crippen molar-refractivity contribution in [3.63, 3.8) is 0 Å². The van der Waals surface area contributed by atoms with E-state index in [4.69, 9.17) is 5.11 Å². The second-order valence-electron chi connectivity index (χ2n) is 6.72. The largest absolute Gasteiger partial charge is 0.481 e. The molecule has 0 radical (unpaired) electrons. The Bertz CT molecular complexity index is 379. The van der Waals surface area contributed by atoms with E-state index in [1.807, 2.05) is 11.8 Å². The van der Waals surface area contributed by atoms with E-state index in [1.165, 1.54) is 0 Å². The zero-order chi connectivity index (χ0) is 14.9. The maximum Gasteiger partial charge on any atom is 0.320 e. The number of aliphatic carboxylic acids is 1. The highest BCUT2D eigenvalue weighted by Crippen LogP contribution is 2.31. The molecule has 5 nitrogen and oxygen atoms in total. The van der Waals surface area contributed by atoms with Gasteiger partial charge in [0, 0.05) is 25.7 Å². The van der Waals surface area contributed by atoms with E-state index in [0.717, 1.165) is 25.8 Å². The fourth-order valence-electron chi connectivity index (χ4n) is 2.84. The fraction of sp³-hybridized carbons (Fsp3) is 0.867. The van der Waals surface area contributed by atoms with Gasteiger partial charge in [0.15, 0.2) is 0 Å². The van der Waals surface area contributed by atoms with Crippen molar-refractivity contribution >= 4 is 12.0 Å². The van der Waals surface area contributed by atoms with Gasteiger partial charge in [0.05, 0.1) is 5.92 Å². The normalized spacial score (nSPS) is 26.1. The Kier molecular flexibility index (Phi) is 4.55. The molecule has 2 rings (SSSR count). The maximum atomic E-state index is 12.6. The van der Waals surface area contributed by atoms with Crippen LogP contribution in [0.5, 0.6) is 0 Å². The van der Waals surface area contributed by atoms with Crippen LogP contribution in [0.1, 0.15) is 40.0 Å². The molecule has 20 heavy (non-hydrogen) atoms. The molecule has 2 atom stereocenters.